The monoisotopic (exact) mass is 254 g/mol. The number of likely N-dealkylation sites (N-methyl/N-ethyl adjacent to an activating group) is 1. The molecule has 0 aliphatic rings. The Bertz CT molecular complexity index is 177. The Balaban J connectivity index is 4.27. The zero-order valence-electron chi connectivity index (χ0n) is 11.1. The molecule has 2 nitrogen and oxygen atoms in total. The highest BCUT2D eigenvalue weighted by molar-refractivity contribution is 4.73. The van der Waals surface area contributed by atoms with Crippen LogP contribution in [0.5, 0.6) is 0 Å². The van der Waals surface area contributed by atoms with E-state index in [0.29, 0.717) is 13.1 Å². The number of nitrogens with zero attached hydrogens (tertiary/aromatic N) is 1. The Hall–Kier alpha value is -0.290. The number of hydrogen-bond donors (Lipinski definition) is 1. The maximum atomic E-state index is 12.4. The van der Waals surface area contributed by atoms with E-state index in [1.807, 2.05) is 13.8 Å². The summed E-state index contributed by atoms with van der Waals surface area (Å²) in [5.74, 6) is 0. The lowest BCUT2D eigenvalue weighted by Crippen LogP contribution is -2.44. The summed E-state index contributed by atoms with van der Waals surface area (Å²) in [6.45, 7) is 6.93. The molecule has 1 N–H and O–H groups in total. The molecule has 1 unspecified atom stereocenters. The third kappa shape index (κ3) is 9.41. The van der Waals surface area contributed by atoms with Crippen LogP contribution in [0.2, 0.25) is 0 Å². The van der Waals surface area contributed by atoms with Crippen LogP contribution in [-0.2, 0) is 0 Å². The highest BCUT2D eigenvalue weighted by atomic mass is 19.4. The summed E-state index contributed by atoms with van der Waals surface area (Å²) in [4.78, 5) is 1.50. The van der Waals surface area contributed by atoms with Crippen LogP contribution in [0.15, 0.2) is 0 Å². The van der Waals surface area contributed by atoms with Crippen molar-refractivity contribution in [1.29, 1.82) is 0 Å². The van der Waals surface area contributed by atoms with Crippen molar-refractivity contribution in [1.82, 2.24) is 10.2 Å². The first-order valence-corrected chi connectivity index (χ1v) is 6.45. The first-order chi connectivity index (χ1) is 7.92. The van der Waals surface area contributed by atoms with Crippen LogP contribution in [-0.4, -0.2) is 43.3 Å². The lowest BCUT2D eigenvalue weighted by atomic mass is 10.1. The number of hydrogen-bond acceptors (Lipinski definition) is 2. The molecule has 0 bridgehead atoms. The average molecular weight is 254 g/mol. The minimum atomic E-state index is -4.10. The number of nitrogens with one attached hydrogen (secondary N) is 1. The van der Waals surface area contributed by atoms with Crippen molar-refractivity contribution in [3.63, 3.8) is 0 Å². The second-order valence-electron chi connectivity index (χ2n) is 4.39. The van der Waals surface area contributed by atoms with Crippen LogP contribution < -0.4 is 5.32 Å². The summed E-state index contributed by atoms with van der Waals surface area (Å²) in [6, 6.07) is 0.166. The quantitative estimate of drug-likeness (QED) is 0.680. The van der Waals surface area contributed by atoms with Crippen LogP contribution in [0.3, 0.4) is 0 Å². The average Bonchev–Trinajstić information content (AvgIpc) is 2.16. The third-order valence-electron chi connectivity index (χ3n) is 2.55. The first-order valence-electron chi connectivity index (χ1n) is 6.45. The van der Waals surface area contributed by atoms with Gasteiger partial charge in [-0.25, -0.2) is 0 Å². The molecular weight excluding hydrogens is 229 g/mol. The number of halogens is 3. The molecule has 0 aromatic rings. The molecule has 0 aromatic heterocycles. The van der Waals surface area contributed by atoms with Crippen LogP contribution >= 0.6 is 0 Å². The van der Waals surface area contributed by atoms with Gasteiger partial charge in [-0.05, 0) is 25.9 Å². The van der Waals surface area contributed by atoms with E-state index < -0.39 is 12.7 Å². The molecule has 0 saturated carbocycles. The van der Waals surface area contributed by atoms with Crippen molar-refractivity contribution < 1.29 is 13.2 Å². The Morgan fingerprint density at radius 3 is 2.18 bits per heavy atom. The SMILES string of the molecule is CCCC(CN(CCC)CC(F)(F)F)NCC. The maximum Gasteiger partial charge on any atom is 0.401 e. The van der Waals surface area contributed by atoms with Crippen molar-refractivity contribution in [2.75, 3.05) is 26.2 Å². The fourth-order valence-corrected chi connectivity index (χ4v) is 2.01. The van der Waals surface area contributed by atoms with E-state index in [1.54, 1.807) is 0 Å². The molecule has 0 radical (unpaired) electrons. The summed E-state index contributed by atoms with van der Waals surface area (Å²) in [7, 11) is 0. The van der Waals surface area contributed by atoms with Crippen molar-refractivity contribution in [2.45, 2.75) is 52.3 Å². The Kier molecular flexibility index (Phi) is 8.60. The van der Waals surface area contributed by atoms with Gasteiger partial charge >= 0.3 is 6.18 Å². The molecule has 1 atom stereocenters. The standard InChI is InChI=1S/C12H25F3N2/c1-4-7-11(16-6-3)9-17(8-5-2)10-12(13,14)15/h11,16H,4-10H2,1-3H3. The zero-order chi connectivity index (χ0) is 13.3. The molecule has 0 aliphatic heterocycles. The Labute approximate surface area is 103 Å². The first kappa shape index (κ1) is 16.7. The summed E-state index contributed by atoms with van der Waals surface area (Å²) >= 11 is 0. The highest BCUT2D eigenvalue weighted by Gasteiger charge is 2.31. The fourth-order valence-electron chi connectivity index (χ4n) is 2.01. The second-order valence-corrected chi connectivity index (χ2v) is 4.39. The van der Waals surface area contributed by atoms with E-state index in [1.165, 1.54) is 4.90 Å². The maximum absolute atomic E-state index is 12.4. The van der Waals surface area contributed by atoms with E-state index in [2.05, 4.69) is 12.2 Å². The van der Waals surface area contributed by atoms with E-state index in [4.69, 9.17) is 0 Å². The van der Waals surface area contributed by atoms with Gasteiger partial charge in [0.25, 0.3) is 0 Å². The predicted molar refractivity (Wildman–Crippen MR) is 65.2 cm³/mol. The van der Waals surface area contributed by atoms with Gasteiger partial charge in [-0.3, -0.25) is 4.90 Å². The zero-order valence-corrected chi connectivity index (χ0v) is 11.1. The van der Waals surface area contributed by atoms with Crippen LogP contribution in [0, 0.1) is 0 Å². The molecule has 0 aliphatic carbocycles. The van der Waals surface area contributed by atoms with E-state index >= 15 is 0 Å². The van der Waals surface area contributed by atoms with Gasteiger partial charge in [0, 0.05) is 12.6 Å². The summed E-state index contributed by atoms with van der Waals surface area (Å²) in [5.41, 5.74) is 0. The van der Waals surface area contributed by atoms with Crippen LogP contribution in [0.1, 0.15) is 40.0 Å². The molecule has 5 heteroatoms. The van der Waals surface area contributed by atoms with Crippen molar-refractivity contribution in [2.24, 2.45) is 0 Å². The molecule has 0 amide bonds. The van der Waals surface area contributed by atoms with Crippen LogP contribution in [0.25, 0.3) is 0 Å². The minimum absolute atomic E-state index is 0.166. The molecule has 0 fully saturated rings. The van der Waals surface area contributed by atoms with Gasteiger partial charge in [-0.15, -0.1) is 0 Å². The van der Waals surface area contributed by atoms with Gasteiger partial charge in [0.1, 0.15) is 0 Å². The Morgan fingerprint density at radius 2 is 1.76 bits per heavy atom. The molecule has 0 heterocycles. The van der Waals surface area contributed by atoms with Crippen molar-refractivity contribution in [3.8, 4) is 0 Å². The lowest BCUT2D eigenvalue weighted by Gasteiger charge is -2.28. The molecule has 0 spiro atoms. The molecule has 17 heavy (non-hydrogen) atoms. The number of rotatable bonds is 9. The number of alkyl halides is 3. The smallest absolute Gasteiger partial charge is 0.313 e. The van der Waals surface area contributed by atoms with Gasteiger partial charge in [0.05, 0.1) is 6.54 Å². The molecular formula is C12H25F3N2. The van der Waals surface area contributed by atoms with Crippen molar-refractivity contribution >= 4 is 0 Å². The van der Waals surface area contributed by atoms with E-state index in [0.717, 1.165) is 25.8 Å². The van der Waals surface area contributed by atoms with Gasteiger partial charge in [0.15, 0.2) is 0 Å². The minimum Gasteiger partial charge on any atom is -0.313 e. The normalized spacial score (nSPS) is 14.3. The van der Waals surface area contributed by atoms with Gasteiger partial charge in [-0.1, -0.05) is 27.2 Å². The van der Waals surface area contributed by atoms with E-state index in [-0.39, 0.29) is 6.04 Å². The van der Waals surface area contributed by atoms with E-state index in [9.17, 15) is 13.2 Å². The van der Waals surface area contributed by atoms with Gasteiger partial charge < -0.3 is 5.32 Å². The molecule has 0 saturated heterocycles. The topological polar surface area (TPSA) is 15.3 Å². The largest absolute Gasteiger partial charge is 0.401 e. The lowest BCUT2D eigenvalue weighted by molar-refractivity contribution is -0.146. The van der Waals surface area contributed by atoms with Gasteiger partial charge in [-0.2, -0.15) is 13.2 Å². The van der Waals surface area contributed by atoms with Gasteiger partial charge in [0.2, 0.25) is 0 Å². The molecule has 104 valence electrons. The van der Waals surface area contributed by atoms with Crippen LogP contribution in [0.4, 0.5) is 13.2 Å². The molecule has 0 aromatic carbocycles. The predicted octanol–water partition coefficient (Wildman–Crippen LogP) is 3.04. The third-order valence-corrected chi connectivity index (χ3v) is 2.55. The molecule has 0 rings (SSSR count). The van der Waals surface area contributed by atoms with Crippen molar-refractivity contribution in [3.05, 3.63) is 0 Å². The highest BCUT2D eigenvalue weighted by Crippen LogP contribution is 2.17. The summed E-state index contributed by atoms with van der Waals surface area (Å²) in [5, 5.41) is 3.25. The second kappa shape index (κ2) is 8.75. The summed E-state index contributed by atoms with van der Waals surface area (Å²) in [6.07, 6.45) is -1.44. The Morgan fingerprint density at radius 1 is 1.12 bits per heavy atom. The fraction of sp³-hybridized carbons (Fsp3) is 1.00. The summed E-state index contributed by atoms with van der Waals surface area (Å²) < 4.78 is 37.2.